The van der Waals surface area contributed by atoms with Crippen LogP contribution in [0.4, 0.5) is 14.6 Å². The molecule has 9 nitrogen and oxygen atoms in total. The number of carbonyl (C=O) groups excluding carboxylic acids is 2. The molecule has 0 spiro atoms. The van der Waals surface area contributed by atoms with E-state index in [1.807, 2.05) is 24.3 Å². The summed E-state index contributed by atoms with van der Waals surface area (Å²) in [6.45, 7) is -0.679. The number of alkyl halides is 2. The molecular formula is C27H21F2N3O6. The molecule has 11 heteroatoms. The Balaban J connectivity index is 1.41. The van der Waals surface area contributed by atoms with Crippen molar-refractivity contribution in [2.45, 2.75) is 24.4 Å². The molecule has 3 atom stereocenters. The van der Waals surface area contributed by atoms with Crippen LogP contribution in [0.2, 0.25) is 0 Å². The second-order valence-corrected chi connectivity index (χ2v) is 8.60. The topological polar surface area (TPSA) is 123 Å². The quantitative estimate of drug-likeness (QED) is 0.382. The zero-order valence-corrected chi connectivity index (χ0v) is 19.7. The van der Waals surface area contributed by atoms with Gasteiger partial charge in [-0.3, -0.25) is 4.57 Å². The van der Waals surface area contributed by atoms with Gasteiger partial charge < -0.3 is 19.9 Å². The molecule has 3 aromatic carbocycles. The highest BCUT2D eigenvalue weighted by Crippen LogP contribution is 2.44. The molecule has 1 aliphatic rings. The molecule has 1 aromatic heterocycles. The molecule has 194 valence electrons. The van der Waals surface area contributed by atoms with Crippen LogP contribution in [0.3, 0.4) is 0 Å². The van der Waals surface area contributed by atoms with Crippen LogP contribution in [0.15, 0.2) is 89.9 Å². The van der Waals surface area contributed by atoms with E-state index in [1.165, 1.54) is 12.1 Å². The molecule has 0 amide bonds. The highest BCUT2D eigenvalue weighted by atomic mass is 19.3. The van der Waals surface area contributed by atoms with E-state index in [2.05, 4.69) is 4.98 Å². The number of nitrogens with zero attached hydrogens (tertiary/aromatic N) is 2. The summed E-state index contributed by atoms with van der Waals surface area (Å²) < 4.78 is 47.7. The number of rotatable bonds is 6. The molecule has 38 heavy (non-hydrogen) atoms. The zero-order chi connectivity index (χ0) is 26.9. The number of ether oxygens (including phenoxy) is 3. The molecule has 5 rings (SSSR count). The minimum Gasteiger partial charge on any atom is -0.459 e. The van der Waals surface area contributed by atoms with Crippen LogP contribution in [0.1, 0.15) is 26.9 Å². The number of hydrogen-bond acceptors (Lipinski definition) is 8. The maximum absolute atomic E-state index is 15.6. The van der Waals surface area contributed by atoms with E-state index >= 15 is 8.78 Å². The molecule has 2 heterocycles. The minimum absolute atomic E-state index is 0.0324. The van der Waals surface area contributed by atoms with Crippen molar-refractivity contribution in [3.63, 3.8) is 0 Å². The molecule has 1 fully saturated rings. The first-order chi connectivity index (χ1) is 18.2. The third-order valence-electron chi connectivity index (χ3n) is 6.06. The molecule has 2 N–H and O–H groups in total. The standard InChI is InChI=1S/C27H21F2N3O6/c28-27(29)22(38-24(34)17-7-2-1-3-8-17)20(37-25(27)32-13-12-21(30)31-26(32)35)15-36-23(33)19-11-10-16-6-4-5-9-18(16)14-19/h1-14,20,22,25H,15H2,(H2,30,31,35)/t20-,22-,25-/m1/s1. The third kappa shape index (κ3) is 4.83. The molecule has 1 saturated heterocycles. The van der Waals surface area contributed by atoms with Gasteiger partial charge in [0.1, 0.15) is 18.5 Å². The van der Waals surface area contributed by atoms with Gasteiger partial charge in [-0.05, 0) is 41.1 Å². The van der Waals surface area contributed by atoms with E-state index in [0.29, 0.717) is 4.57 Å². The molecule has 4 aromatic rings. The largest absolute Gasteiger partial charge is 0.459 e. The Hall–Kier alpha value is -4.64. The molecule has 0 bridgehead atoms. The van der Waals surface area contributed by atoms with Gasteiger partial charge >= 0.3 is 23.6 Å². The van der Waals surface area contributed by atoms with E-state index in [9.17, 15) is 14.4 Å². The van der Waals surface area contributed by atoms with Crippen molar-refractivity contribution in [2.75, 3.05) is 12.3 Å². The number of nitrogens with two attached hydrogens (primary N) is 1. The van der Waals surface area contributed by atoms with E-state index in [0.717, 1.165) is 23.0 Å². The third-order valence-corrected chi connectivity index (χ3v) is 6.06. The summed E-state index contributed by atoms with van der Waals surface area (Å²) in [5, 5.41) is 1.69. The van der Waals surface area contributed by atoms with E-state index in [4.69, 9.17) is 19.9 Å². The molecule has 1 aliphatic heterocycles. The predicted octanol–water partition coefficient (Wildman–Crippen LogP) is 3.59. The van der Waals surface area contributed by atoms with Gasteiger partial charge in [-0.25, -0.2) is 14.4 Å². The first-order valence-corrected chi connectivity index (χ1v) is 11.5. The molecule has 0 radical (unpaired) electrons. The fraction of sp³-hybridized carbons (Fsp3) is 0.185. The number of hydrogen-bond donors (Lipinski definition) is 1. The van der Waals surface area contributed by atoms with Crippen LogP contribution >= 0.6 is 0 Å². The van der Waals surface area contributed by atoms with Crippen molar-refractivity contribution in [1.29, 1.82) is 0 Å². The predicted molar refractivity (Wildman–Crippen MR) is 132 cm³/mol. The molecule has 0 saturated carbocycles. The van der Waals surface area contributed by atoms with Crippen LogP contribution in [-0.2, 0) is 14.2 Å². The van der Waals surface area contributed by atoms with Crippen molar-refractivity contribution in [1.82, 2.24) is 9.55 Å². The van der Waals surface area contributed by atoms with Gasteiger partial charge in [0, 0.05) is 6.20 Å². The van der Waals surface area contributed by atoms with Crippen LogP contribution in [-0.4, -0.2) is 46.2 Å². The Labute approximate surface area is 214 Å². The summed E-state index contributed by atoms with van der Waals surface area (Å²) in [5.74, 6) is -5.88. The summed E-state index contributed by atoms with van der Waals surface area (Å²) >= 11 is 0. The Kier molecular flexibility index (Phi) is 6.60. The summed E-state index contributed by atoms with van der Waals surface area (Å²) in [6, 6.07) is 20.9. The van der Waals surface area contributed by atoms with Gasteiger partial charge in [0.05, 0.1) is 11.1 Å². The number of nitrogen functional groups attached to an aromatic ring is 1. The SMILES string of the molecule is Nc1ccn([C@@H]2O[C@H](COC(=O)c3ccc4ccccc4c3)[C@@H](OC(=O)c3ccccc3)C2(F)F)c(=O)n1. The fourth-order valence-electron chi connectivity index (χ4n) is 4.17. The number of esters is 2. The second kappa shape index (κ2) is 10.0. The van der Waals surface area contributed by atoms with Gasteiger partial charge in [-0.2, -0.15) is 13.8 Å². The monoisotopic (exact) mass is 521 g/mol. The van der Waals surface area contributed by atoms with Crippen LogP contribution < -0.4 is 11.4 Å². The first kappa shape index (κ1) is 25.0. The Bertz CT molecular complexity index is 1560. The number of fused-ring (bicyclic) bond motifs is 1. The van der Waals surface area contributed by atoms with Crippen molar-refractivity contribution in [3.05, 3.63) is 107 Å². The van der Waals surface area contributed by atoms with E-state index < -0.39 is 48.6 Å². The van der Waals surface area contributed by atoms with Crippen molar-refractivity contribution in [3.8, 4) is 0 Å². The Morgan fingerprint density at radius 3 is 2.39 bits per heavy atom. The second-order valence-electron chi connectivity index (χ2n) is 8.60. The smallest absolute Gasteiger partial charge is 0.351 e. The van der Waals surface area contributed by atoms with Gasteiger partial charge in [-0.1, -0.05) is 48.5 Å². The highest BCUT2D eigenvalue weighted by Gasteiger charge is 2.62. The zero-order valence-electron chi connectivity index (χ0n) is 19.7. The van der Waals surface area contributed by atoms with Gasteiger partial charge in [-0.15, -0.1) is 0 Å². The van der Waals surface area contributed by atoms with Gasteiger partial charge in [0.15, 0.2) is 6.10 Å². The lowest BCUT2D eigenvalue weighted by Gasteiger charge is -2.24. The maximum atomic E-state index is 15.6. The summed E-state index contributed by atoms with van der Waals surface area (Å²) in [4.78, 5) is 41.2. The minimum atomic E-state index is -3.90. The molecule has 0 unspecified atom stereocenters. The molecular weight excluding hydrogens is 500 g/mol. The van der Waals surface area contributed by atoms with Gasteiger partial charge in [0.2, 0.25) is 6.23 Å². The number of halogens is 2. The van der Waals surface area contributed by atoms with Crippen LogP contribution in [0.5, 0.6) is 0 Å². The van der Waals surface area contributed by atoms with Crippen molar-refractivity contribution in [2.24, 2.45) is 0 Å². The Morgan fingerprint density at radius 1 is 0.947 bits per heavy atom. The van der Waals surface area contributed by atoms with E-state index in [1.54, 1.807) is 36.4 Å². The number of anilines is 1. The summed E-state index contributed by atoms with van der Waals surface area (Å²) in [5.41, 5.74) is 4.61. The van der Waals surface area contributed by atoms with Crippen LogP contribution in [0, 0.1) is 0 Å². The van der Waals surface area contributed by atoms with Crippen molar-refractivity contribution >= 4 is 28.5 Å². The lowest BCUT2D eigenvalue weighted by molar-refractivity contribution is -0.142. The lowest BCUT2D eigenvalue weighted by atomic mass is 10.1. The normalized spacial score (nSPS) is 20.2. The first-order valence-electron chi connectivity index (χ1n) is 11.5. The van der Waals surface area contributed by atoms with Crippen LogP contribution in [0.25, 0.3) is 10.8 Å². The number of carbonyl (C=O) groups is 2. The maximum Gasteiger partial charge on any atom is 0.351 e. The number of aromatic nitrogens is 2. The lowest BCUT2D eigenvalue weighted by Crippen LogP contribution is -2.44. The Morgan fingerprint density at radius 2 is 1.66 bits per heavy atom. The van der Waals surface area contributed by atoms with Crippen molar-refractivity contribution < 1.29 is 32.6 Å². The van der Waals surface area contributed by atoms with E-state index in [-0.39, 0.29) is 16.9 Å². The summed E-state index contributed by atoms with van der Waals surface area (Å²) in [7, 11) is 0. The molecule has 0 aliphatic carbocycles. The highest BCUT2D eigenvalue weighted by molar-refractivity contribution is 5.95. The average Bonchev–Trinajstić information content (AvgIpc) is 3.16. The number of benzene rings is 3. The summed E-state index contributed by atoms with van der Waals surface area (Å²) in [6.07, 6.45) is -4.98. The average molecular weight is 521 g/mol. The van der Waals surface area contributed by atoms with Gasteiger partial charge in [0.25, 0.3) is 0 Å². The fourth-order valence-corrected chi connectivity index (χ4v) is 4.17.